The van der Waals surface area contributed by atoms with Gasteiger partial charge in [0, 0.05) is 0 Å². The number of pyridine rings is 1. The number of hydrogen-bond acceptors (Lipinski definition) is 8. The summed E-state index contributed by atoms with van der Waals surface area (Å²) in [6.45, 7) is 2.25. The molecule has 0 radical (unpaired) electrons. The number of hydrogen-bond donors (Lipinski definition) is 2. The van der Waals surface area contributed by atoms with E-state index in [0.29, 0.717) is 34.9 Å². The fourth-order valence-electron chi connectivity index (χ4n) is 2.40. The SMILES string of the molecule is Cc1ccc(-c2nc(N)nc3c2nnn3Cc2ccc(N)cn2)o1. The van der Waals surface area contributed by atoms with Crippen molar-refractivity contribution >= 4 is 22.8 Å². The molecule has 9 nitrogen and oxygen atoms in total. The Bertz CT molecular complexity index is 1020. The van der Waals surface area contributed by atoms with E-state index in [2.05, 4.69) is 25.3 Å². The molecule has 120 valence electrons. The quantitative estimate of drug-likeness (QED) is 0.578. The molecule has 0 bridgehead atoms. The number of aryl methyl sites for hydroxylation is 1. The summed E-state index contributed by atoms with van der Waals surface area (Å²) < 4.78 is 7.24. The number of nitrogen functional groups attached to an aromatic ring is 2. The summed E-state index contributed by atoms with van der Waals surface area (Å²) in [5.41, 5.74) is 14.4. The second-order valence-electron chi connectivity index (χ2n) is 5.34. The predicted octanol–water partition coefficient (Wildman–Crippen LogP) is 1.40. The molecule has 0 saturated heterocycles. The Hall–Kier alpha value is -3.49. The normalized spacial score (nSPS) is 11.2. The summed E-state index contributed by atoms with van der Waals surface area (Å²) in [7, 11) is 0. The van der Waals surface area contributed by atoms with Crippen LogP contribution in [0.15, 0.2) is 34.9 Å². The van der Waals surface area contributed by atoms with E-state index in [1.54, 1.807) is 16.9 Å². The summed E-state index contributed by atoms with van der Waals surface area (Å²) in [4.78, 5) is 12.8. The molecule has 4 N–H and O–H groups in total. The molecule has 0 atom stereocenters. The van der Waals surface area contributed by atoms with Crippen LogP contribution in [0.4, 0.5) is 11.6 Å². The van der Waals surface area contributed by atoms with Gasteiger partial charge in [-0.3, -0.25) is 4.98 Å². The molecule has 0 aliphatic rings. The van der Waals surface area contributed by atoms with Crippen molar-refractivity contribution in [3.8, 4) is 11.5 Å². The third-order valence-corrected chi connectivity index (χ3v) is 3.51. The van der Waals surface area contributed by atoms with Gasteiger partial charge in [0.05, 0.1) is 24.1 Å². The van der Waals surface area contributed by atoms with Crippen molar-refractivity contribution < 1.29 is 4.42 Å². The fraction of sp³-hybridized carbons (Fsp3) is 0.133. The number of furan rings is 1. The molecule has 0 unspecified atom stereocenters. The van der Waals surface area contributed by atoms with Crippen molar-refractivity contribution in [1.82, 2.24) is 29.9 Å². The van der Waals surface area contributed by atoms with Crippen LogP contribution in [0.25, 0.3) is 22.6 Å². The van der Waals surface area contributed by atoms with Crippen molar-refractivity contribution in [2.75, 3.05) is 11.5 Å². The molecule has 0 amide bonds. The van der Waals surface area contributed by atoms with Gasteiger partial charge in [0.15, 0.2) is 16.9 Å². The van der Waals surface area contributed by atoms with Crippen molar-refractivity contribution in [2.24, 2.45) is 0 Å². The van der Waals surface area contributed by atoms with Gasteiger partial charge >= 0.3 is 0 Å². The monoisotopic (exact) mass is 322 g/mol. The lowest BCUT2D eigenvalue weighted by Gasteiger charge is -2.03. The van der Waals surface area contributed by atoms with Gasteiger partial charge in [0.25, 0.3) is 0 Å². The molecule has 4 heterocycles. The van der Waals surface area contributed by atoms with Gasteiger partial charge in [-0.15, -0.1) is 5.10 Å². The van der Waals surface area contributed by atoms with Crippen LogP contribution in [0.5, 0.6) is 0 Å². The van der Waals surface area contributed by atoms with Gasteiger partial charge in [-0.05, 0) is 31.2 Å². The summed E-state index contributed by atoms with van der Waals surface area (Å²) in [6, 6.07) is 7.27. The molecule has 0 saturated carbocycles. The van der Waals surface area contributed by atoms with Crippen molar-refractivity contribution in [3.05, 3.63) is 41.9 Å². The van der Waals surface area contributed by atoms with Crippen LogP contribution >= 0.6 is 0 Å². The molecule has 0 aliphatic carbocycles. The average molecular weight is 322 g/mol. The molecule has 4 aromatic heterocycles. The Kier molecular flexibility index (Phi) is 3.12. The van der Waals surface area contributed by atoms with Crippen LogP contribution in [-0.2, 0) is 6.54 Å². The smallest absolute Gasteiger partial charge is 0.222 e. The topological polar surface area (TPSA) is 135 Å². The van der Waals surface area contributed by atoms with Crippen LogP contribution < -0.4 is 11.5 Å². The molecular formula is C15H14N8O. The van der Waals surface area contributed by atoms with Crippen LogP contribution in [0.1, 0.15) is 11.5 Å². The van der Waals surface area contributed by atoms with Crippen LogP contribution in [0.2, 0.25) is 0 Å². The number of rotatable bonds is 3. The molecule has 0 aliphatic heterocycles. The van der Waals surface area contributed by atoms with Gasteiger partial charge in [0.1, 0.15) is 11.5 Å². The first kappa shape index (κ1) is 14.1. The van der Waals surface area contributed by atoms with Crippen molar-refractivity contribution in [2.45, 2.75) is 13.5 Å². The lowest BCUT2D eigenvalue weighted by Crippen LogP contribution is -2.06. The minimum absolute atomic E-state index is 0.125. The van der Waals surface area contributed by atoms with E-state index in [1.807, 2.05) is 25.1 Å². The Balaban J connectivity index is 1.81. The lowest BCUT2D eigenvalue weighted by atomic mass is 10.3. The predicted molar refractivity (Wildman–Crippen MR) is 87.7 cm³/mol. The van der Waals surface area contributed by atoms with E-state index in [4.69, 9.17) is 15.9 Å². The molecule has 4 rings (SSSR count). The van der Waals surface area contributed by atoms with Crippen LogP contribution in [0, 0.1) is 6.92 Å². The zero-order valence-corrected chi connectivity index (χ0v) is 12.8. The van der Waals surface area contributed by atoms with Gasteiger partial charge in [-0.25, -0.2) is 9.67 Å². The van der Waals surface area contributed by atoms with Gasteiger partial charge < -0.3 is 15.9 Å². The second-order valence-corrected chi connectivity index (χ2v) is 5.34. The Morgan fingerprint density at radius 3 is 2.71 bits per heavy atom. The second kappa shape index (κ2) is 5.30. The standard InChI is InChI=1S/C15H14N8O/c1-8-2-5-11(24-8)12-13-14(20-15(17)19-12)23(22-21-13)7-10-4-3-9(16)6-18-10/h2-6H,7,16H2,1H3,(H2,17,19,20). The highest BCUT2D eigenvalue weighted by atomic mass is 16.3. The third-order valence-electron chi connectivity index (χ3n) is 3.51. The minimum atomic E-state index is 0.125. The van der Waals surface area contributed by atoms with Gasteiger partial charge in [-0.1, -0.05) is 5.21 Å². The molecule has 4 aromatic rings. The van der Waals surface area contributed by atoms with Crippen LogP contribution in [-0.4, -0.2) is 29.9 Å². The van der Waals surface area contributed by atoms with Crippen molar-refractivity contribution in [1.29, 1.82) is 0 Å². The minimum Gasteiger partial charge on any atom is -0.460 e. The molecule has 24 heavy (non-hydrogen) atoms. The maximum Gasteiger partial charge on any atom is 0.222 e. The zero-order valence-electron chi connectivity index (χ0n) is 12.8. The number of fused-ring (bicyclic) bond motifs is 1. The molecule has 9 heteroatoms. The van der Waals surface area contributed by atoms with E-state index < -0.39 is 0 Å². The van der Waals surface area contributed by atoms with E-state index in [9.17, 15) is 0 Å². The maximum atomic E-state index is 5.85. The number of anilines is 2. The van der Waals surface area contributed by atoms with E-state index in [1.165, 1.54) is 0 Å². The Morgan fingerprint density at radius 1 is 1.12 bits per heavy atom. The van der Waals surface area contributed by atoms with Gasteiger partial charge in [-0.2, -0.15) is 4.98 Å². The highest BCUT2D eigenvalue weighted by Crippen LogP contribution is 2.26. The highest BCUT2D eigenvalue weighted by molar-refractivity contribution is 5.86. The number of nitrogens with two attached hydrogens (primary N) is 2. The number of aromatic nitrogens is 6. The van der Waals surface area contributed by atoms with E-state index >= 15 is 0 Å². The summed E-state index contributed by atoms with van der Waals surface area (Å²) in [6.07, 6.45) is 1.59. The fourth-order valence-corrected chi connectivity index (χ4v) is 2.40. The zero-order chi connectivity index (χ0) is 16.7. The van der Waals surface area contributed by atoms with Crippen LogP contribution in [0.3, 0.4) is 0 Å². The lowest BCUT2D eigenvalue weighted by molar-refractivity contribution is 0.547. The van der Waals surface area contributed by atoms with E-state index in [0.717, 1.165) is 11.5 Å². The molecular weight excluding hydrogens is 308 g/mol. The van der Waals surface area contributed by atoms with E-state index in [-0.39, 0.29) is 5.95 Å². The summed E-state index contributed by atoms with van der Waals surface area (Å²) >= 11 is 0. The average Bonchev–Trinajstić information content (AvgIpc) is 3.16. The largest absolute Gasteiger partial charge is 0.460 e. The van der Waals surface area contributed by atoms with Gasteiger partial charge in [0.2, 0.25) is 5.95 Å². The Morgan fingerprint density at radius 2 is 2.00 bits per heavy atom. The molecule has 0 aromatic carbocycles. The molecule has 0 fully saturated rings. The Labute approximate surface area is 136 Å². The first-order valence-electron chi connectivity index (χ1n) is 7.24. The summed E-state index contributed by atoms with van der Waals surface area (Å²) in [5.74, 6) is 1.47. The number of nitrogens with zero attached hydrogens (tertiary/aromatic N) is 6. The van der Waals surface area contributed by atoms with Crippen molar-refractivity contribution in [3.63, 3.8) is 0 Å². The first-order valence-corrected chi connectivity index (χ1v) is 7.24. The molecule has 0 spiro atoms. The summed E-state index contributed by atoms with van der Waals surface area (Å²) in [5, 5.41) is 8.32. The maximum absolute atomic E-state index is 5.85. The third kappa shape index (κ3) is 2.41. The first-order chi connectivity index (χ1) is 11.6. The highest BCUT2D eigenvalue weighted by Gasteiger charge is 2.17.